The molecule has 0 spiro atoms. The number of hydrogen-bond acceptors (Lipinski definition) is 7. The molecule has 9 nitrogen and oxygen atoms in total. The van der Waals surface area contributed by atoms with Gasteiger partial charge in [0.15, 0.2) is 0 Å². The summed E-state index contributed by atoms with van der Waals surface area (Å²) in [6.07, 6.45) is 2.64. The zero-order chi connectivity index (χ0) is 19.0. The van der Waals surface area contributed by atoms with Gasteiger partial charge >= 0.3 is 0 Å². The average molecular weight is 377 g/mol. The first kappa shape index (κ1) is 18.2. The van der Waals surface area contributed by atoms with Gasteiger partial charge in [-0.25, -0.2) is 14.8 Å². The van der Waals surface area contributed by atoms with E-state index in [4.69, 9.17) is 5.73 Å². The SMILES string of the molecule is NC1NN2CC(F)CNC2C1C(=O)Nc1cnccc1CN1CCCC1=O. The Labute approximate surface area is 156 Å². The van der Waals surface area contributed by atoms with Crippen molar-refractivity contribution < 1.29 is 14.0 Å². The lowest BCUT2D eigenvalue weighted by molar-refractivity contribution is -0.128. The molecule has 3 aliphatic rings. The van der Waals surface area contributed by atoms with Gasteiger partial charge in [-0.15, -0.1) is 0 Å². The van der Waals surface area contributed by atoms with E-state index in [1.165, 1.54) is 0 Å². The lowest BCUT2D eigenvalue weighted by atomic mass is 10.0. The number of likely N-dealkylation sites (tertiary alicyclic amines) is 1. The number of hydrazine groups is 1. The molecule has 4 atom stereocenters. The third-order valence-corrected chi connectivity index (χ3v) is 5.33. The fourth-order valence-electron chi connectivity index (χ4n) is 3.95. The number of nitrogens with zero attached hydrogens (tertiary/aromatic N) is 3. The number of pyridine rings is 1. The predicted molar refractivity (Wildman–Crippen MR) is 95.5 cm³/mol. The fraction of sp³-hybridized carbons (Fsp3) is 0.588. The quantitative estimate of drug-likeness (QED) is 0.539. The molecular formula is C17H24FN7O2. The Hall–Kier alpha value is -2.14. The second-order valence-electron chi connectivity index (χ2n) is 7.22. The first-order valence-corrected chi connectivity index (χ1v) is 9.20. The molecule has 0 bridgehead atoms. The highest BCUT2D eigenvalue weighted by molar-refractivity contribution is 5.94. The van der Waals surface area contributed by atoms with E-state index in [0.29, 0.717) is 18.7 Å². The van der Waals surface area contributed by atoms with Gasteiger partial charge in [0.05, 0.1) is 30.1 Å². The number of carbonyl (C=O) groups is 2. The highest BCUT2D eigenvalue weighted by Crippen LogP contribution is 2.25. The van der Waals surface area contributed by atoms with Crippen LogP contribution in [0.2, 0.25) is 0 Å². The lowest BCUT2D eigenvalue weighted by Gasteiger charge is -2.33. The van der Waals surface area contributed by atoms with E-state index >= 15 is 0 Å². The molecule has 0 aliphatic carbocycles. The minimum absolute atomic E-state index is 0.119. The molecule has 1 aromatic heterocycles. The number of fused-ring (bicyclic) bond motifs is 1. The third kappa shape index (κ3) is 3.65. The van der Waals surface area contributed by atoms with Crippen LogP contribution < -0.4 is 21.8 Å². The Morgan fingerprint density at radius 1 is 1.48 bits per heavy atom. The molecule has 0 saturated carbocycles. The largest absolute Gasteiger partial charge is 0.338 e. The maximum Gasteiger partial charge on any atom is 0.233 e. The van der Waals surface area contributed by atoms with Crippen LogP contribution in [-0.4, -0.2) is 64.8 Å². The topological polar surface area (TPSA) is 116 Å². The van der Waals surface area contributed by atoms with Gasteiger partial charge in [0.1, 0.15) is 6.17 Å². The van der Waals surface area contributed by atoms with Crippen LogP contribution in [0.5, 0.6) is 0 Å². The zero-order valence-electron chi connectivity index (χ0n) is 14.9. The maximum absolute atomic E-state index is 13.6. The van der Waals surface area contributed by atoms with Crippen LogP contribution >= 0.6 is 0 Å². The molecule has 4 rings (SSSR count). The number of carbonyl (C=O) groups excluding carboxylic acids is 2. The van der Waals surface area contributed by atoms with E-state index in [9.17, 15) is 14.0 Å². The number of aromatic nitrogens is 1. The monoisotopic (exact) mass is 377 g/mol. The summed E-state index contributed by atoms with van der Waals surface area (Å²) in [5, 5.41) is 7.58. The first-order chi connectivity index (χ1) is 13.0. The summed E-state index contributed by atoms with van der Waals surface area (Å²) >= 11 is 0. The normalized spacial score (nSPS) is 31.2. The Bertz CT molecular complexity index is 733. The van der Waals surface area contributed by atoms with Crippen molar-refractivity contribution in [3.63, 3.8) is 0 Å². The molecule has 146 valence electrons. The van der Waals surface area contributed by atoms with Crippen molar-refractivity contribution >= 4 is 17.5 Å². The summed E-state index contributed by atoms with van der Waals surface area (Å²) in [6.45, 7) is 1.53. The molecule has 3 fully saturated rings. The molecule has 3 aliphatic heterocycles. The summed E-state index contributed by atoms with van der Waals surface area (Å²) in [7, 11) is 0. The number of hydrogen-bond donors (Lipinski definition) is 4. The smallest absolute Gasteiger partial charge is 0.233 e. The summed E-state index contributed by atoms with van der Waals surface area (Å²) in [6, 6.07) is 1.80. The Morgan fingerprint density at radius 2 is 2.33 bits per heavy atom. The van der Waals surface area contributed by atoms with E-state index in [2.05, 4.69) is 21.0 Å². The van der Waals surface area contributed by atoms with Crippen molar-refractivity contribution in [2.24, 2.45) is 11.7 Å². The molecule has 2 amide bonds. The van der Waals surface area contributed by atoms with Gasteiger partial charge < -0.3 is 16.0 Å². The summed E-state index contributed by atoms with van der Waals surface area (Å²) in [5.74, 6) is -0.734. The van der Waals surface area contributed by atoms with E-state index in [1.54, 1.807) is 28.4 Å². The summed E-state index contributed by atoms with van der Waals surface area (Å²) < 4.78 is 13.6. The van der Waals surface area contributed by atoms with E-state index < -0.39 is 18.3 Å². The van der Waals surface area contributed by atoms with Crippen molar-refractivity contribution in [2.75, 3.05) is 25.0 Å². The van der Waals surface area contributed by atoms with Crippen molar-refractivity contribution in [2.45, 2.75) is 37.9 Å². The van der Waals surface area contributed by atoms with Crippen molar-refractivity contribution in [1.82, 2.24) is 25.6 Å². The van der Waals surface area contributed by atoms with Crippen LogP contribution in [0.3, 0.4) is 0 Å². The number of halogens is 1. The number of nitrogens with two attached hydrogens (primary N) is 1. The van der Waals surface area contributed by atoms with Gasteiger partial charge in [-0.3, -0.25) is 19.9 Å². The zero-order valence-corrected chi connectivity index (χ0v) is 14.9. The highest BCUT2D eigenvalue weighted by Gasteiger charge is 2.47. The van der Waals surface area contributed by atoms with Crippen LogP contribution in [0.4, 0.5) is 10.1 Å². The molecule has 3 saturated heterocycles. The molecule has 5 N–H and O–H groups in total. The number of nitrogens with one attached hydrogen (secondary N) is 3. The van der Waals surface area contributed by atoms with E-state index in [1.807, 2.05) is 0 Å². The fourth-order valence-corrected chi connectivity index (χ4v) is 3.95. The average Bonchev–Trinajstić information content (AvgIpc) is 3.18. The predicted octanol–water partition coefficient (Wildman–Crippen LogP) is -0.869. The van der Waals surface area contributed by atoms with Crippen LogP contribution in [0.15, 0.2) is 18.5 Å². The lowest BCUT2D eigenvalue weighted by Crippen LogP contribution is -2.58. The Balaban J connectivity index is 1.47. The van der Waals surface area contributed by atoms with Gasteiger partial charge in [-0.1, -0.05) is 0 Å². The standard InChI is InChI=1S/C17H24FN7O2/c18-11-6-21-16-14(15(19)23-25(16)9-11)17(27)22-12-7-20-4-3-10(12)8-24-5-1-2-13(24)26/h3-4,7,11,14-16,21,23H,1-2,5-6,8-9,19H2,(H,22,27). The van der Waals surface area contributed by atoms with Crippen molar-refractivity contribution in [3.05, 3.63) is 24.0 Å². The minimum atomic E-state index is -1.01. The van der Waals surface area contributed by atoms with Gasteiger partial charge in [-0.2, -0.15) is 0 Å². The molecule has 1 aromatic rings. The Morgan fingerprint density at radius 3 is 3.11 bits per heavy atom. The minimum Gasteiger partial charge on any atom is -0.338 e. The van der Waals surface area contributed by atoms with Gasteiger partial charge in [0.2, 0.25) is 11.8 Å². The molecular weight excluding hydrogens is 353 g/mol. The van der Waals surface area contributed by atoms with Crippen molar-refractivity contribution in [3.8, 4) is 0 Å². The summed E-state index contributed by atoms with van der Waals surface area (Å²) in [4.78, 5) is 30.7. The van der Waals surface area contributed by atoms with Gasteiger partial charge in [0.25, 0.3) is 0 Å². The molecule has 0 aromatic carbocycles. The van der Waals surface area contributed by atoms with Crippen molar-refractivity contribution in [1.29, 1.82) is 0 Å². The molecule has 4 unspecified atom stereocenters. The maximum atomic E-state index is 13.6. The third-order valence-electron chi connectivity index (χ3n) is 5.33. The number of rotatable bonds is 4. The van der Waals surface area contributed by atoms with Crippen LogP contribution in [0.25, 0.3) is 0 Å². The van der Waals surface area contributed by atoms with Crippen LogP contribution in [0, 0.1) is 5.92 Å². The molecule has 4 heterocycles. The summed E-state index contributed by atoms with van der Waals surface area (Å²) in [5.41, 5.74) is 10.4. The second-order valence-corrected chi connectivity index (χ2v) is 7.22. The number of anilines is 1. The Kier molecular flexibility index (Phi) is 5.04. The van der Waals surface area contributed by atoms with Gasteiger partial charge in [0, 0.05) is 38.8 Å². The van der Waals surface area contributed by atoms with Crippen LogP contribution in [0.1, 0.15) is 18.4 Å². The van der Waals surface area contributed by atoms with E-state index in [-0.39, 0.29) is 31.1 Å². The highest BCUT2D eigenvalue weighted by atomic mass is 19.1. The van der Waals surface area contributed by atoms with Gasteiger partial charge in [-0.05, 0) is 18.1 Å². The van der Waals surface area contributed by atoms with E-state index in [0.717, 1.165) is 18.5 Å². The second kappa shape index (κ2) is 7.47. The number of amides is 2. The van der Waals surface area contributed by atoms with Crippen LogP contribution in [-0.2, 0) is 16.1 Å². The number of alkyl halides is 1. The molecule has 27 heavy (non-hydrogen) atoms. The molecule has 10 heteroatoms. The first-order valence-electron chi connectivity index (χ1n) is 9.20. The molecule has 0 radical (unpaired) electrons.